The van der Waals surface area contributed by atoms with Gasteiger partial charge in [0.2, 0.25) is 0 Å². The van der Waals surface area contributed by atoms with Crippen LogP contribution in [0, 0.1) is 10.1 Å². The van der Waals surface area contributed by atoms with Crippen LogP contribution in [0.4, 0.5) is 11.4 Å². The molecular weight excluding hydrogens is 356 g/mol. The van der Waals surface area contributed by atoms with Crippen LogP contribution >= 0.6 is 12.2 Å². The van der Waals surface area contributed by atoms with E-state index in [1.807, 2.05) is 4.90 Å². The third-order valence-corrected chi connectivity index (χ3v) is 4.71. The van der Waals surface area contributed by atoms with Crippen LogP contribution in [-0.2, 0) is 24.8 Å². The summed E-state index contributed by atoms with van der Waals surface area (Å²) < 4.78 is 6.39. The third kappa shape index (κ3) is 3.52. The van der Waals surface area contributed by atoms with Crippen LogP contribution < -0.4 is 5.32 Å². The molecule has 1 aromatic carbocycles. The van der Waals surface area contributed by atoms with Crippen LogP contribution in [-0.4, -0.2) is 39.1 Å². The minimum absolute atomic E-state index is 0.0789. The summed E-state index contributed by atoms with van der Waals surface area (Å²) in [6, 6.07) is 6.60. The maximum Gasteiger partial charge on any atom is 0.354 e. The lowest BCUT2D eigenvalue weighted by Gasteiger charge is -2.30. The number of aromatic nitrogens is 1. The van der Waals surface area contributed by atoms with Gasteiger partial charge in [0.15, 0.2) is 5.11 Å². The first-order valence-electron chi connectivity index (χ1n) is 7.96. The average Bonchev–Trinajstić information content (AvgIpc) is 3.00. The Morgan fingerprint density at radius 2 is 2.12 bits per heavy atom. The Kier molecular flexibility index (Phi) is 4.90. The molecule has 8 nitrogen and oxygen atoms in total. The van der Waals surface area contributed by atoms with Crippen molar-refractivity contribution in [3.05, 3.63) is 57.4 Å². The van der Waals surface area contributed by atoms with E-state index in [1.54, 1.807) is 36.0 Å². The SMILES string of the molecule is COC(=O)c1cc(NC(=S)N2CCc3ccc([N+](=O)[O-])cc3C2)cn1C. The Bertz CT molecular complexity index is 893. The van der Waals surface area contributed by atoms with Gasteiger partial charge in [-0.25, -0.2) is 4.79 Å². The molecule has 0 unspecified atom stereocenters. The fourth-order valence-electron chi connectivity index (χ4n) is 2.97. The van der Waals surface area contributed by atoms with E-state index in [0.29, 0.717) is 29.6 Å². The lowest BCUT2D eigenvalue weighted by Crippen LogP contribution is -2.38. The number of nitro groups is 1. The maximum absolute atomic E-state index is 11.7. The van der Waals surface area contributed by atoms with Gasteiger partial charge in [0.25, 0.3) is 5.69 Å². The number of nitrogens with zero attached hydrogens (tertiary/aromatic N) is 3. The first kappa shape index (κ1) is 17.9. The number of methoxy groups -OCH3 is 1. The monoisotopic (exact) mass is 374 g/mol. The molecular formula is C17H18N4O4S. The number of thiocarbonyl (C=S) groups is 1. The van der Waals surface area contributed by atoms with Crippen LogP contribution in [0.2, 0.25) is 0 Å². The van der Waals surface area contributed by atoms with Crippen molar-refractivity contribution in [3.63, 3.8) is 0 Å². The number of aryl methyl sites for hydroxylation is 1. The van der Waals surface area contributed by atoms with E-state index in [1.165, 1.54) is 13.2 Å². The number of anilines is 1. The highest BCUT2D eigenvalue weighted by molar-refractivity contribution is 7.80. The van der Waals surface area contributed by atoms with Crippen LogP contribution in [0.3, 0.4) is 0 Å². The van der Waals surface area contributed by atoms with Crippen LogP contribution in [0.5, 0.6) is 0 Å². The number of non-ortho nitro benzene ring substituents is 1. The number of fused-ring (bicyclic) bond motifs is 1. The first-order valence-corrected chi connectivity index (χ1v) is 8.36. The number of ether oxygens (including phenoxy) is 1. The number of esters is 1. The third-order valence-electron chi connectivity index (χ3n) is 4.35. The van der Waals surface area contributed by atoms with Gasteiger partial charge in [0, 0.05) is 38.5 Å². The van der Waals surface area contributed by atoms with Crippen molar-refractivity contribution in [2.75, 3.05) is 19.0 Å². The smallest absolute Gasteiger partial charge is 0.354 e. The summed E-state index contributed by atoms with van der Waals surface area (Å²) in [6.07, 6.45) is 2.51. The molecule has 9 heteroatoms. The molecule has 2 heterocycles. The average molecular weight is 374 g/mol. The van der Waals surface area contributed by atoms with Gasteiger partial charge >= 0.3 is 5.97 Å². The highest BCUT2D eigenvalue weighted by atomic mass is 32.1. The van der Waals surface area contributed by atoms with Crippen molar-refractivity contribution < 1.29 is 14.5 Å². The van der Waals surface area contributed by atoms with E-state index in [9.17, 15) is 14.9 Å². The molecule has 0 atom stereocenters. The molecule has 1 aromatic heterocycles. The molecule has 0 saturated carbocycles. The summed E-state index contributed by atoms with van der Waals surface area (Å²) in [6.45, 7) is 1.22. The molecule has 1 aliphatic rings. The zero-order valence-electron chi connectivity index (χ0n) is 14.4. The zero-order chi connectivity index (χ0) is 18.8. The second-order valence-corrected chi connectivity index (χ2v) is 6.42. The second kappa shape index (κ2) is 7.12. The van der Waals surface area contributed by atoms with Gasteiger partial charge in [-0.05, 0) is 35.8 Å². The van der Waals surface area contributed by atoms with Crippen molar-refractivity contribution in [1.29, 1.82) is 0 Å². The van der Waals surface area contributed by atoms with Crippen molar-refractivity contribution in [2.45, 2.75) is 13.0 Å². The molecule has 2 aromatic rings. The number of hydrogen-bond donors (Lipinski definition) is 1. The summed E-state index contributed by atoms with van der Waals surface area (Å²) in [5.41, 5.74) is 3.18. The standard InChI is InChI=1S/C17H18N4O4S/c1-19-10-13(8-15(19)16(22)25-2)18-17(26)20-6-5-11-3-4-14(21(23)24)7-12(11)9-20/h3-4,7-8,10H,5-6,9H2,1-2H3,(H,18,26). The molecule has 0 bridgehead atoms. The molecule has 3 rings (SSSR count). The van der Waals surface area contributed by atoms with E-state index in [4.69, 9.17) is 17.0 Å². The van der Waals surface area contributed by atoms with E-state index < -0.39 is 10.9 Å². The fourth-order valence-corrected chi connectivity index (χ4v) is 3.25. The molecule has 26 heavy (non-hydrogen) atoms. The number of nitro benzene ring substituents is 1. The van der Waals surface area contributed by atoms with Gasteiger partial charge in [-0.15, -0.1) is 0 Å². The van der Waals surface area contributed by atoms with E-state index >= 15 is 0 Å². The summed E-state index contributed by atoms with van der Waals surface area (Å²) >= 11 is 5.47. The van der Waals surface area contributed by atoms with Crippen LogP contribution in [0.15, 0.2) is 30.5 Å². The normalized spacial score (nSPS) is 13.1. The van der Waals surface area contributed by atoms with Crippen LogP contribution in [0.1, 0.15) is 21.6 Å². The van der Waals surface area contributed by atoms with Crippen molar-refractivity contribution >= 4 is 34.7 Å². The Morgan fingerprint density at radius 1 is 1.35 bits per heavy atom. The largest absolute Gasteiger partial charge is 0.464 e. The topological polar surface area (TPSA) is 89.6 Å². The predicted octanol–water partition coefficient (Wildman–Crippen LogP) is 2.48. The van der Waals surface area contributed by atoms with Gasteiger partial charge < -0.3 is 19.5 Å². The van der Waals surface area contributed by atoms with Gasteiger partial charge in [-0.1, -0.05) is 6.07 Å². The van der Waals surface area contributed by atoms with E-state index in [-0.39, 0.29) is 5.69 Å². The summed E-state index contributed by atoms with van der Waals surface area (Å²) in [4.78, 5) is 24.2. The number of nitrogens with one attached hydrogen (secondary N) is 1. The quantitative estimate of drug-likeness (QED) is 0.382. The second-order valence-electron chi connectivity index (χ2n) is 6.03. The first-order chi connectivity index (χ1) is 12.4. The number of carbonyl (C=O) groups is 1. The summed E-state index contributed by atoms with van der Waals surface area (Å²) in [7, 11) is 3.08. The molecule has 1 N–H and O–H groups in total. The van der Waals surface area contributed by atoms with Gasteiger partial charge in [-0.2, -0.15) is 0 Å². The van der Waals surface area contributed by atoms with E-state index in [2.05, 4.69) is 5.32 Å². The van der Waals surface area contributed by atoms with Crippen molar-refractivity contribution in [3.8, 4) is 0 Å². The Balaban J connectivity index is 1.73. The molecule has 0 fully saturated rings. The van der Waals surface area contributed by atoms with Crippen molar-refractivity contribution in [2.24, 2.45) is 7.05 Å². The lowest BCUT2D eigenvalue weighted by molar-refractivity contribution is -0.385. The molecule has 0 radical (unpaired) electrons. The molecule has 0 saturated heterocycles. The van der Waals surface area contributed by atoms with Gasteiger partial charge in [-0.3, -0.25) is 10.1 Å². The Labute approximate surface area is 155 Å². The maximum atomic E-state index is 11.7. The molecule has 1 aliphatic heterocycles. The number of benzene rings is 1. The minimum atomic E-state index is -0.425. The Morgan fingerprint density at radius 3 is 2.81 bits per heavy atom. The number of hydrogen-bond acceptors (Lipinski definition) is 5. The zero-order valence-corrected chi connectivity index (χ0v) is 15.2. The fraction of sp³-hybridized carbons (Fsp3) is 0.294. The predicted molar refractivity (Wildman–Crippen MR) is 100 cm³/mol. The van der Waals surface area contributed by atoms with Gasteiger partial charge in [0.05, 0.1) is 17.7 Å². The van der Waals surface area contributed by atoms with Crippen LogP contribution in [0.25, 0.3) is 0 Å². The molecule has 0 aliphatic carbocycles. The van der Waals surface area contributed by atoms with Crippen molar-refractivity contribution in [1.82, 2.24) is 9.47 Å². The summed E-state index contributed by atoms with van der Waals surface area (Å²) in [5.74, 6) is -0.425. The summed E-state index contributed by atoms with van der Waals surface area (Å²) in [5, 5.41) is 14.6. The van der Waals surface area contributed by atoms with E-state index in [0.717, 1.165) is 17.5 Å². The highest BCUT2D eigenvalue weighted by Crippen LogP contribution is 2.24. The molecule has 136 valence electrons. The molecule has 0 spiro atoms. The number of rotatable bonds is 3. The number of carbonyl (C=O) groups excluding carboxylic acids is 1. The molecule has 0 amide bonds. The lowest BCUT2D eigenvalue weighted by atomic mass is 9.99. The van der Waals surface area contributed by atoms with Gasteiger partial charge in [0.1, 0.15) is 5.69 Å². The Hall–Kier alpha value is -2.94. The highest BCUT2D eigenvalue weighted by Gasteiger charge is 2.21. The minimum Gasteiger partial charge on any atom is -0.464 e.